The van der Waals surface area contributed by atoms with E-state index in [1.807, 2.05) is 6.08 Å². The van der Waals surface area contributed by atoms with Crippen molar-refractivity contribution < 1.29 is 24.2 Å². The number of carboxylic acids is 1. The average molecular weight is 688 g/mol. The summed E-state index contributed by atoms with van der Waals surface area (Å²) in [7, 11) is 1.32. The van der Waals surface area contributed by atoms with Gasteiger partial charge in [-0.15, -0.1) is 0 Å². The zero-order valence-electron chi connectivity index (χ0n) is 31.4. The highest BCUT2D eigenvalue weighted by Gasteiger charge is 2.15. The Bertz CT molecular complexity index is 1220. The van der Waals surface area contributed by atoms with Gasteiger partial charge in [0, 0.05) is 12.8 Å². The summed E-state index contributed by atoms with van der Waals surface area (Å²) in [5.74, 6) is -1.32. The van der Waals surface area contributed by atoms with Gasteiger partial charge in [-0.25, -0.2) is 4.79 Å². The van der Waals surface area contributed by atoms with Crippen molar-refractivity contribution >= 4 is 17.8 Å². The van der Waals surface area contributed by atoms with E-state index in [1.165, 1.54) is 18.3 Å². The van der Waals surface area contributed by atoms with Crippen LogP contribution in [0.15, 0.2) is 121 Å². The molecule has 1 amide bonds. The molecule has 0 aliphatic heterocycles. The smallest absolute Gasteiger partial charge is 0.328 e. The molecule has 276 valence electrons. The van der Waals surface area contributed by atoms with Gasteiger partial charge in [-0.05, 0) is 108 Å². The minimum Gasteiger partial charge on any atom is -0.481 e. The second-order valence-corrected chi connectivity index (χ2v) is 11.8. The van der Waals surface area contributed by atoms with E-state index in [0.29, 0.717) is 19.3 Å². The molecule has 0 aromatic carbocycles. The summed E-state index contributed by atoms with van der Waals surface area (Å²) in [5, 5.41) is 11.4. The molecule has 1 atom stereocenters. The highest BCUT2D eigenvalue weighted by atomic mass is 16.5. The van der Waals surface area contributed by atoms with Gasteiger partial charge < -0.3 is 15.2 Å². The van der Waals surface area contributed by atoms with Crippen molar-refractivity contribution in [2.45, 2.75) is 130 Å². The normalized spacial score (nSPS) is 13.9. The number of unbranched alkanes of at least 4 members (excludes halogenated alkanes) is 1. The SMILES string of the molecule is CC/C=C\C/C=C\C/C=C\C/C=C\C/C=C(CCCC(=O)N[C@@H](C)C(=O)OC)/C(=C/C/C=C\C/C=C\C/C=C\C/C=C\CCCC(=O)O)CC. The van der Waals surface area contributed by atoms with Gasteiger partial charge in [0.25, 0.3) is 0 Å². The van der Waals surface area contributed by atoms with E-state index in [0.717, 1.165) is 77.0 Å². The molecule has 6 heteroatoms. The van der Waals surface area contributed by atoms with Gasteiger partial charge >= 0.3 is 11.9 Å². The van der Waals surface area contributed by atoms with E-state index in [2.05, 4.69) is 122 Å². The summed E-state index contributed by atoms with van der Waals surface area (Å²) in [5.41, 5.74) is 2.59. The molecular weight excluding hydrogens is 622 g/mol. The molecular formula is C44H65NO5. The molecule has 0 saturated heterocycles. The van der Waals surface area contributed by atoms with Crippen molar-refractivity contribution in [3.05, 3.63) is 121 Å². The van der Waals surface area contributed by atoms with Gasteiger partial charge in [0.1, 0.15) is 6.04 Å². The Balaban J connectivity index is 4.96. The first-order chi connectivity index (χ1) is 24.3. The monoisotopic (exact) mass is 687 g/mol. The lowest BCUT2D eigenvalue weighted by molar-refractivity contribution is -0.144. The third kappa shape index (κ3) is 29.9. The minimum atomic E-state index is -0.738. The van der Waals surface area contributed by atoms with Crippen LogP contribution in [-0.2, 0) is 19.1 Å². The molecule has 0 aliphatic carbocycles. The topological polar surface area (TPSA) is 92.7 Å². The molecule has 0 aliphatic rings. The number of esters is 1. The zero-order valence-corrected chi connectivity index (χ0v) is 31.4. The Morgan fingerprint density at radius 3 is 1.46 bits per heavy atom. The van der Waals surface area contributed by atoms with Crippen LogP contribution in [-0.4, -0.2) is 36.1 Å². The van der Waals surface area contributed by atoms with Gasteiger partial charge in [-0.2, -0.15) is 0 Å². The van der Waals surface area contributed by atoms with Crippen LogP contribution in [0.5, 0.6) is 0 Å². The van der Waals surface area contributed by atoms with Gasteiger partial charge in [0.15, 0.2) is 0 Å². The number of allylic oxidation sites excluding steroid dienone is 20. The first kappa shape index (κ1) is 45.8. The van der Waals surface area contributed by atoms with Gasteiger partial charge in [-0.3, -0.25) is 9.59 Å². The molecule has 0 unspecified atom stereocenters. The molecule has 0 spiro atoms. The number of hydrogen-bond acceptors (Lipinski definition) is 4. The number of carboxylic acid groups (broad SMARTS) is 1. The first-order valence-electron chi connectivity index (χ1n) is 18.5. The van der Waals surface area contributed by atoms with Gasteiger partial charge in [0.2, 0.25) is 5.91 Å². The fourth-order valence-electron chi connectivity index (χ4n) is 4.78. The maximum absolute atomic E-state index is 12.4. The zero-order chi connectivity index (χ0) is 36.9. The Morgan fingerprint density at radius 1 is 0.580 bits per heavy atom. The highest BCUT2D eigenvalue weighted by molar-refractivity contribution is 5.84. The van der Waals surface area contributed by atoms with E-state index in [4.69, 9.17) is 9.84 Å². The number of rotatable bonds is 29. The molecule has 0 heterocycles. The molecule has 0 fully saturated rings. The van der Waals surface area contributed by atoms with Crippen LogP contribution in [0.3, 0.4) is 0 Å². The Morgan fingerprint density at radius 2 is 1.02 bits per heavy atom. The summed E-state index contributed by atoms with van der Waals surface area (Å²) in [6.07, 6.45) is 52.1. The summed E-state index contributed by atoms with van der Waals surface area (Å²) in [4.78, 5) is 34.6. The predicted octanol–water partition coefficient (Wildman–Crippen LogP) is 11.3. The third-order valence-corrected chi connectivity index (χ3v) is 7.54. The Hall–Kier alpha value is -4.19. The molecule has 6 nitrogen and oxygen atoms in total. The van der Waals surface area contributed by atoms with Crippen LogP contribution in [0.2, 0.25) is 0 Å². The second-order valence-electron chi connectivity index (χ2n) is 11.8. The summed E-state index contributed by atoms with van der Waals surface area (Å²) >= 11 is 0. The fraction of sp³-hybridized carbons (Fsp3) is 0.477. The molecule has 0 saturated carbocycles. The van der Waals surface area contributed by atoms with Crippen LogP contribution >= 0.6 is 0 Å². The van der Waals surface area contributed by atoms with E-state index >= 15 is 0 Å². The van der Waals surface area contributed by atoms with E-state index in [1.54, 1.807) is 6.92 Å². The maximum Gasteiger partial charge on any atom is 0.328 e. The van der Waals surface area contributed by atoms with Crippen molar-refractivity contribution in [2.75, 3.05) is 7.11 Å². The molecule has 0 aromatic heterocycles. The quantitative estimate of drug-likeness (QED) is 0.0353. The first-order valence-corrected chi connectivity index (χ1v) is 18.5. The lowest BCUT2D eigenvalue weighted by Gasteiger charge is -2.13. The fourth-order valence-corrected chi connectivity index (χ4v) is 4.78. The molecule has 0 rings (SSSR count). The van der Waals surface area contributed by atoms with E-state index in [9.17, 15) is 14.4 Å². The van der Waals surface area contributed by atoms with Crippen molar-refractivity contribution in [1.29, 1.82) is 0 Å². The predicted molar refractivity (Wildman–Crippen MR) is 212 cm³/mol. The third-order valence-electron chi connectivity index (χ3n) is 7.54. The van der Waals surface area contributed by atoms with Crippen LogP contribution in [0.25, 0.3) is 0 Å². The van der Waals surface area contributed by atoms with Crippen LogP contribution < -0.4 is 5.32 Å². The van der Waals surface area contributed by atoms with Crippen molar-refractivity contribution in [3.8, 4) is 0 Å². The minimum absolute atomic E-state index is 0.142. The summed E-state index contributed by atoms with van der Waals surface area (Å²) in [6.45, 7) is 5.95. The Kier molecular flexibility index (Phi) is 31.8. The van der Waals surface area contributed by atoms with Crippen molar-refractivity contribution in [2.24, 2.45) is 0 Å². The average Bonchev–Trinajstić information content (AvgIpc) is 3.10. The number of aliphatic carboxylic acids is 1. The molecule has 0 radical (unpaired) electrons. The number of ether oxygens (including phenoxy) is 1. The Labute approximate surface area is 303 Å². The number of methoxy groups -OCH3 is 1. The summed E-state index contributed by atoms with van der Waals surface area (Å²) < 4.78 is 4.71. The standard InChI is InChI=1S/C44H65NO5/c1-5-7-8-9-10-11-12-15-19-22-25-28-31-35-41(36-33-37-42(46)45-39(3)44(49)50-4)40(6-2)34-30-27-24-21-18-16-13-14-17-20-23-26-29-32-38-43(47)48/h7-8,10-11,14-19,23-28,34-35,39H,5-6,9,12-13,20-22,29-33,36-38H2,1-4H3,(H,45,46)(H,47,48)/b8-7-,11-10-,17-14-,18-16-,19-15-,26-23-,27-24-,28-25-,40-34+,41-35+/t39-/m0/s1. The number of carbonyl (C=O) groups is 3. The lowest BCUT2D eigenvalue weighted by Crippen LogP contribution is -2.39. The largest absolute Gasteiger partial charge is 0.481 e. The highest BCUT2D eigenvalue weighted by Crippen LogP contribution is 2.22. The number of nitrogens with one attached hydrogen (secondary N) is 1. The van der Waals surface area contributed by atoms with Crippen LogP contribution in [0, 0.1) is 0 Å². The molecule has 50 heavy (non-hydrogen) atoms. The van der Waals surface area contributed by atoms with E-state index in [-0.39, 0.29) is 12.3 Å². The second kappa shape index (κ2) is 34.7. The maximum atomic E-state index is 12.4. The van der Waals surface area contributed by atoms with Crippen molar-refractivity contribution in [1.82, 2.24) is 5.32 Å². The molecule has 0 aromatic rings. The number of hydrogen-bond donors (Lipinski definition) is 2. The van der Waals surface area contributed by atoms with E-state index < -0.39 is 18.0 Å². The summed E-state index contributed by atoms with van der Waals surface area (Å²) in [6, 6.07) is -0.651. The lowest BCUT2D eigenvalue weighted by atomic mass is 9.95. The van der Waals surface area contributed by atoms with Gasteiger partial charge in [-0.1, -0.05) is 123 Å². The van der Waals surface area contributed by atoms with Crippen LogP contribution in [0.1, 0.15) is 124 Å². The van der Waals surface area contributed by atoms with Crippen LogP contribution in [0.4, 0.5) is 0 Å². The number of amides is 1. The molecule has 2 N–H and O–H groups in total. The van der Waals surface area contributed by atoms with Crippen molar-refractivity contribution in [3.63, 3.8) is 0 Å². The number of carbonyl (C=O) groups excluding carboxylic acids is 2. The van der Waals surface area contributed by atoms with Gasteiger partial charge in [0.05, 0.1) is 7.11 Å². The molecule has 0 bridgehead atoms.